The quantitative estimate of drug-likeness (QED) is 0.559. The first kappa shape index (κ1) is 15.2. The van der Waals surface area contributed by atoms with Crippen molar-refractivity contribution < 1.29 is 9.53 Å². The van der Waals surface area contributed by atoms with Gasteiger partial charge in [-0.15, -0.1) is 0 Å². The maximum Gasteiger partial charge on any atom is 0.241 e. The zero-order valence-corrected chi connectivity index (χ0v) is 11.6. The van der Waals surface area contributed by atoms with Gasteiger partial charge in [0.1, 0.15) is 0 Å². The summed E-state index contributed by atoms with van der Waals surface area (Å²) >= 11 is 0. The molecule has 104 valence electrons. The molecular weight excluding hydrogens is 240 g/mol. The maximum absolute atomic E-state index is 11.9. The summed E-state index contributed by atoms with van der Waals surface area (Å²) in [6.45, 7) is 8.67. The Morgan fingerprint density at radius 2 is 2.11 bits per heavy atom. The molecule has 0 saturated heterocycles. The molecule has 0 radical (unpaired) electrons. The lowest BCUT2D eigenvalue weighted by Crippen LogP contribution is -2.38. The molecule has 0 fully saturated rings. The molecular formula is C15H22N2O2. The predicted octanol–water partition coefficient (Wildman–Crippen LogP) is 2.46. The number of hydrogen-bond donors (Lipinski definition) is 2. The highest BCUT2D eigenvalue weighted by Gasteiger charge is 2.11. The van der Waals surface area contributed by atoms with Gasteiger partial charge in [-0.1, -0.05) is 24.3 Å². The lowest BCUT2D eigenvalue weighted by atomic mass is 10.2. The molecule has 0 aliphatic rings. The molecule has 1 unspecified atom stereocenters. The second-order valence-electron chi connectivity index (χ2n) is 4.42. The van der Waals surface area contributed by atoms with E-state index in [0.717, 1.165) is 18.7 Å². The minimum absolute atomic E-state index is 0.0338. The highest BCUT2D eigenvalue weighted by Crippen LogP contribution is 2.08. The van der Waals surface area contributed by atoms with Crippen LogP contribution < -0.4 is 10.6 Å². The number of ether oxygens (including phenoxy) is 1. The Kier molecular flexibility index (Phi) is 6.68. The highest BCUT2D eigenvalue weighted by molar-refractivity contribution is 5.94. The average molecular weight is 262 g/mol. The largest absolute Gasteiger partial charge is 0.502 e. The molecule has 1 atom stereocenters. The van der Waals surface area contributed by atoms with Gasteiger partial charge in [-0.3, -0.25) is 4.79 Å². The minimum Gasteiger partial charge on any atom is -0.502 e. The number of carbonyl (C=O) groups is 1. The summed E-state index contributed by atoms with van der Waals surface area (Å²) in [6, 6.07) is 7.51. The van der Waals surface area contributed by atoms with E-state index in [1.807, 2.05) is 38.1 Å². The van der Waals surface area contributed by atoms with E-state index in [1.165, 1.54) is 11.8 Å². The Labute approximate surface area is 114 Å². The number of benzene rings is 1. The molecule has 1 rings (SSSR count). The van der Waals surface area contributed by atoms with Crippen molar-refractivity contribution >= 4 is 11.6 Å². The molecule has 4 nitrogen and oxygen atoms in total. The van der Waals surface area contributed by atoms with E-state index in [-0.39, 0.29) is 11.9 Å². The molecule has 1 aromatic rings. The van der Waals surface area contributed by atoms with Crippen LogP contribution in [-0.2, 0) is 9.53 Å². The normalized spacial score (nSPS) is 11.7. The van der Waals surface area contributed by atoms with Gasteiger partial charge in [-0.05, 0) is 38.9 Å². The van der Waals surface area contributed by atoms with E-state index in [0.29, 0.717) is 6.61 Å². The Morgan fingerprint density at radius 1 is 1.42 bits per heavy atom. The van der Waals surface area contributed by atoms with Gasteiger partial charge in [0.15, 0.2) is 0 Å². The highest BCUT2D eigenvalue weighted by atomic mass is 16.5. The SMILES string of the molecule is C=COCCCNC(C)C(=O)Nc1ccc(C)cc1. The molecule has 0 heterocycles. The number of hydrogen-bond acceptors (Lipinski definition) is 3. The molecule has 4 heteroatoms. The third-order valence-electron chi connectivity index (χ3n) is 2.72. The van der Waals surface area contributed by atoms with Crippen LogP contribution in [0.3, 0.4) is 0 Å². The van der Waals surface area contributed by atoms with Crippen LogP contribution in [0.15, 0.2) is 37.1 Å². The van der Waals surface area contributed by atoms with E-state index < -0.39 is 0 Å². The Morgan fingerprint density at radius 3 is 2.74 bits per heavy atom. The van der Waals surface area contributed by atoms with Crippen LogP contribution >= 0.6 is 0 Å². The Hall–Kier alpha value is -1.81. The number of rotatable bonds is 8. The van der Waals surface area contributed by atoms with Gasteiger partial charge in [0.05, 0.1) is 18.9 Å². The van der Waals surface area contributed by atoms with Crippen molar-refractivity contribution in [1.29, 1.82) is 0 Å². The fourth-order valence-corrected chi connectivity index (χ4v) is 1.54. The van der Waals surface area contributed by atoms with Crippen LogP contribution in [-0.4, -0.2) is 25.1 Å². The number of carbonyl (C=O) groups excluding carboxylic acids is 1. The second-order valence-corrected chi connectivity index (χ2v) is 4.42. The average Bonchev–Trinajstić information content (AvgIpc) is 2.41. The van der Waals surface area contributed by atoms with Crippen molar-refractivity contribution in [3.8, 4) is 0 Å². The standard InChI is InChI=1S/C15H22N2O2/c1-4-19-11-5-10-16-13(3)15(18)17-14-8-6-12(2)7-9-14/h4,6-9,13,16H,1,5,10-11H2,2-3H3,(H,17,18). The fraction of sp³-hybridized carbons (Fsp3) is 0.400. The summed E-state index contributed by atoms with van der Waals surface area (Å²) < 4.78 is 5.01. The molecule has 0 aromatic heterocycles. The number of amides is 1. The first-order chi connectivity index (χ1) is 9.13. The van der Waals surface area contributed by atoms with Crippen molar-refractivity contribution in [2.45, 2.75) is 26.3 Å². The molecule has 1 amide bonds. The maximum atomic E-state index is 11.9. The van der Waals surface area contributed by atoms with Gasteiger partial charge in [0.25, 0.3) is 0 Å². The van der Waals surface area contributed by atoms with Crippen LogP contribution in [0.2, 0.25) is 0 Å². The molecule has 0 spiro atoms. The molecule has 0 bridgehead atoms. The lowest BCUT2D eigenvalue weighted by Gasteiger charge is -2.14. The topological polar surface area (TPSA) is 50.4 Å². The summed E-state index contributed by atoms with van der Waals surface area (Å²) in [4.78, 5) is 11.9. The minimum atomic E-state index is -0.231. The van der Waals surface area contributed by atoms with E-state index in [2.05, 4.69) is 17.2 Å². The summed E-state index contributed by atoms with van der Waals surface area (Å²) in [5, 5.41) is 6.02. The van der Waals surface area contributed by atoms with Gasteiger partial charge in [-0.25, -0.2) is 0 Å². The first-order valence-corrected chi connectivity index (χ1v) is 6.47. The fourth-order valence-electron chi connectivity index (χ4n) is 1.54. The smallest absolute Gasteiger partial charge is 0.241 e. The Balaban J connectivity index is 2.28. The summed E-state index contributed by atoms with van der Waals surface area (Å²) in [6.07, 6.45) is 2.27. The van der Waals surface area contributed by atoms with Crippen molar-refractivity contribution in [2.24, 2.45) is 0 Å². The molecule has 1 aromatic carbocycles. The zero-order valence-electron chi connectivity index (χ0n) is 11.6. The number of anilines is 1. The van der Waals surface area contributed by atoms with Gasteiger partial charge >= 0.3 is 0 Å². The number of aryl methyl sites for hydroxylation is 1. The van der Waals surface area contributed by atoms with E-state index in [1.54, 1.807) is 0 Å². The second kappa shape index (κ2) is 8.32. The van der Waals surface area contributed by atoms with Crippen LogP contribution in [0.25, 0.3) is 0 Å². The van der Waals surface area contributed by atoms with E-state index in [4.69, 9.17) is 4.74 Å². The van der Waals surface area contributed by atoms with Crippen molar-refractivity contribution in [3.63, 3.8) is 0 Å². The lowest BCUT2D eigenvalue weighted by molar-refractivity contribution is -0.117. The van der Waals surface area contributed by atoms with Crippen molar-refractivity contribution in [2.75, 3.05) is 18.5 Å². The predicted molar refractivity (Wildman–Crippen MR) is 78.0 cm³/mol. The van der Waals surface area contributed by atoms with Crippen LogP contribution in [0.4, 0.5) is 5.69 Å². The number of nitrogens with one attached hydrogen (secondary N) is 2. The third-order valence-corrected chi connectivity index (χ3v) is 2.72. The molecule has 0 saturated carbocycles. The van der Waals surface area contributed by atoms with Gasteiger partial charge in [0.2, 0.25) is 5.91 Å². The van der Waals surface area contributed by atoms with Crippen molar-refractivity contribution in [1.82, 2.24) is 5.32 Å². The summed E-state index contributed by atoms with van der Waals surface area (Å²) in [7, 11) is 0. The third kappa shape index (κ3) is 6.06. The molecule has 19 heavy (non-hydrogen) atoms. The Bertz CT molecular complexity index is 401. The van der Waals surface area contributed by atoms with E-state index in [9.17, 15) is 4.79 Å². The summed E-state index contributed by atoms with van der Waals surface area (Å²) in [5.74, 6) is -0.0338. The van der Waals surface area contributed by atoms with Gasteiger partial charge in [-0.2, -0.15) is 0 Å². The molecule has 0 aliphatic carbocycles. The monoisotopic (exact) mass is 262 g/mol. The van der Waals surface area contributed by atoms with Gasteiger partial charge < -0.3 is 15.4 Å². The van der Waals surface area contributed by atoms with Crippen molar-refractivity contribution in [3.05, 3.63) is 42.7 Å². The first-order valence-electron chi connectivity index (χ1n) is 6.47. The molecule has 0 aliphatic heterocycles. The van der Waals surface area contributed by atoms with Crippen LogP contribution in [0.1, 0.15) is 18.9 Å². The molecule has 2 N–H and O–H groups in total. The van der Waals surface area contributed by atoms with Gasteiger partial charge in [0, 0.05) is 5.69 Å². The van der Waals surface area contributed by atoms with Crippen LogP contribution in [0, 0.1) is 6.92 Å². The van der Waals surface area contributed by atoms with Crippen LogP contribution in [0.5, 0.6) is 0 Å². The summed E-state index contributed by atoms with van der Waals surface area (Å²) in [5.41, 5.74) is 1.99. The van der Waals surface area contributed by atoms with E-state index >= 15 is 0 Å². The zero-order chi connectivity index (χ0) is 14.1.